The van der Waals surface area contributed by atoms with Crippen LogP contribution in [0.5, 0.6) is 0 Å². The number of hydrogen-bond acceptors (Lipinski definition) is 3. The second kappa shape index (κ2) is 11.3. The highest BCUT2D eigenvalue weighted by Crippen LogP contribution is 2.62. The molecule has 0 radical (unpaired) electrons. The van der Waals surface area contributed by atoms with Gasteiger partial charge in [-0.15, -0.1) is 0 Å². The largest absolute Gasteiger partial charge is 0.377 e. The van der Waals surface area contributed by atoms with E-state index in [0.29, 0.717) is 6.54 Å². The minimum atomic E-state index is -0.399. The van der Waals surface area contributed by atoms with Crippen LogP contribution in [0, 0.1) is 0 Å². The van der Waals surface area contributed by atoms with Gasteiger partial charge in [0.15, 0.2) is 0 Å². The molecule has 2 nitrogen and oxygen atoms in total. The van der Waals surface area contributed by atoms with E-state index in [1.807, 2.05) is 11.8 Å². The third-order valence-electron chi connectivity index (χ3n) is 11.9. The van der Waals surface area contributed by atoms with Crippen LogP contribution in [0.15, 0.2) is 191 Å². The number of nitrogens with zero attached hydrogens (tertiary/aromatic N) is 1. The molecule has 2 aliphatic carbocycles. The highest BCUT2D eigenvalue weighted by Gasteiger charge is 2.50. The normalized spacial score (nSPS) is 15.2. The lowest BCUT2D eigenvalue weighted by atomic mass is 9.67. The van der Waals surface area contributed by atoms with Gasteiger partial charge in [0.2, 0.25) is 0 Å². The van der Waals surface area contributed by atoms with Crippen molar-refractivity contribution in [2.75, 3.05) is 6.54 Å². The van der Waals surface area contributed by atoms with Crippen LogP contribution in [-0.4, -0.2) is 12.3 Å². The van der Waals surface area contributed by atoms with Gasteiger partial charge in [-0.1, -0.05) is 169 Å². The van der Waals surface area contributed by atoms with Crippen molar-refractivity contribution in [3.05, 3.63) is 215 Å². The second-order valence-corrected chi connectivity index (χ2v) is 15.7. The van der Waals surface area contributed by atoms with Gasteiger partial charge >= 0.3 is 0 Å². The molecule has 8 aromatic carbocycles. The van der Waals surface area contributed by atoms with E-state index < -0.39 is 5.41 Å². The molecule has 252 valence electrons. The minimum Gasteiger partial charge on any atom is -0.377 e. The monoisotopic (exact) mass is 704 g/mol. The molecule has 0 amide bonds. The van der Waals surface area contributed by atoms with Crippen LogP contribution in [-0.2, 0) is 5.41 Å². The zero-order valence-corrected chi connectivity index (χ0v) is 30.1. The number of hydrogen-bond donors (Lipinski definition) is 1. The average molecular weight is 705 g/mol. The molecule has 54 heavy (non-hydrogen) atoms. The third-order valence-corrected chi connectivity index (χ3v) is 13.1. The summed E-state index contributed by atoms with van der Waals surface area (Å²) in [6, 6.07) is 65.0. The molecule has 8 aromatic rings. The lowest BCUT2D eigenvalue weighted by Crippen LogP contribution is -2.32. The van der Waals surface area contributed by atoms with Crippen molar-refractivity contribution >= 4 is 39.6 Å². The molecule has 2 heterocycles. The molecular formula is C51H32N2S. The molecule has 2 aliphatic heterocycles. The van der Waals surface area contributed by atoms with Crippen molar-refractivity contribution in [1.82, 2.24) is 5.32 Å². The summed E-state index contributed by atoms with van der Waals surface area (Å²) in [5, 5.41) is 6.49. The van der Waals surface area contributed by atoms with Crippen molar-refractivity contribution < 1.29 is 0 Å². The Bertz CT molecular complexity index is 2920. The van der Waals surface area contributed by atoms with Gasteiger partial charge in [-0.05, 0) is 95.7 Å². The molecule has 0 bridgehead atoms. The van der Waals surface area contributed by atoms with E-state index in [-0.39, 0.29) is 0 Å². The maximum absolute atomic E-state index is 5.58. The van der Waals surface area contributed by atoms with Gasteiger partial charge in [-0.2, -0.15) is 0 Å². The zero-order chi connectivity index (χ0) is 35.4. The number of rotatable bonds is 3. The smallest absolute Gasteiger partial charge is 0.0944 e. The molecule has 0 unspecified atom stereocenters. The maximum Gasteiger partial charge on any atom is 0.0944 e. The van der Waals surface area contributed by atoms with Gasteiger partial charge in [0.1, 0.15) is 0 Å². The SMILES string of the molecule is c1ccc(C2=C(c3ccc4c(c3)Sc3ccccc3C43c4ccccc4-c4ccccc43)N=C(c3ccc4c(c3)-c3cccc5cccc-4c35)CN2)cc1. The van der Waals surface area contributed by atoms with E-state index in [1.165, 1.54) is 76.2 Å². The van der Waals surface area contributed by atoms with Crippen LogP contribution in [0.4, 0.5) is 0 Å². The first kappa shape index (κ1) is 30.1. The van der Waals surface area contributed by atoms with Crippen LogP contribution < -0.4 is 5.32 Å². The lowest BCUT2D eigenvalue weighted by molar-refractivity contribution is 0.722. The Balaban J connectivity index is 1.05. The Labute approximate surface area is 318 Å². The molecule has 12 rings (SSSR count). The van der Waals surface area contributed by atoms with Crippen LogP contribution in [0.3, 0.4) is 0 Å². The summed E-state index contributed by atoms with van der Waals surface area (Å²) in [6.07, 6.45) is 0. The highest BCUT2D eigenvalue weighted by molar-refractivity contribution is 7.99. The molecule has 0 atom stereocenters. The van der Waals surface area contributed by atoms with Gasteiger partial charge in [-0.25, -0.2) is 4.99 Å². The first-order valence-corrected chi connectivity index (χ1v) is 19.5. The van der Waals surface area contributed by atoms with Crippen molar-refractivity contribution in [3.8, 4) is 33.4 Å². The van der Waals surface area contributed by atoms with E-state index in [4.69, 9.17) is 4.99 Å². The van der Waals surface area contributed by atoms with Gasteiger partial charge in [0.25, 0.3) is 0 Å². The first-order valence-electron chi connectivity index (χ1n) is 18.7. The van der Waals surface area contributed by atoms with Crippen LogP contribution >= 0.6 is 11.8 Å². The molecule has 0 fully saturated rings. The molecule has 3 heteroatoms. The van der Waals surface area contributed by atoms with E-state index >= 15 is 0 Å². The summed E-state index contributed by atoms with van der Waals surface area (Å²) in [5.74, 6) is 0. The van der Waals surface area contributed by atoms with Gasteiger partial charge in [-0.3, -0.25) is 0 Å². The fraction of sp³-hybridized carbons (Fsp3) is 0.0392. The molecule has 0 aromatic heterocycles. The highest BCUT2D eigenvalue weighted by atomic mass is 32.2. The molecule has 4 aliphatic rings. The number of benzene rings is 8. The number of fused-ring (bicyclic) bond motifs is 12. The van der Waals surface area contributed by atoms with E-state index in [9.17, 15) is 0 Å². The van der Waals surface area contributed by atoms with Crippen molar-refractivity contribution in [2.24, 2.45) is 4.99 Å². The summed E-state index contributed by atoms with van der Waals surface area (Å²) in [5.41, 5.74) is 19.3. The van der Waals surface area contributed by atoms with Crippen molar-refractivity contribution in [3.63, 3.8) is 0 Å². The van der Waals surface area contributed by atoms with Crippen molar-refractivity contribution in [2.45, 2.75) is 15.2 Å². The topological polar surface area (TPSA) is 24.4 Å². The van der Waals surface area contributed by atoms with E-state index in [2.05, 4.69) is 181 Å². The Kier molecular flexibility index (Phi) is 6.29. The standard InChI is InChI=1S/C51H32N2S/c1-2-12-32(13-3-1)49-50(53-45(30-52-49)33-24-26-35-38-18-10-14-31-15-11-19-39(48(31)38)40(35)28-33)34-25-27-44-47(29-34)54-46-23-9-8-22-43(46)51(44)41-20-6-4-16-36(41)37-17-5-7-21-42(37)51/h1-29,52H,30H2. The van der Waals surface area contributed by atoms with E-state index in [1.54, 1.807) is 0 Å². The van der Waals surface area contributed by atoms with Crippen molar-refractivity contribution in [1.29, 1.82) is 0 Å². The fourth-order valence-corrected chi connectivity index (χ4v) is 10.9. The van der Waals surface area contributed by atoms with E-state index in [0.717, 1.165) is 33.8 Å². The molecule has 1 spiro atoms. The fourth-order valence-electron chi connectivity index (χ4n) is 9.68. The minimum absolute atomic E-state index is 0.399. The summed E-state index contributed by atoms with van der Waals surface area (Å²) in [7, 11) is 0. The Morgan fingerprint density at radius 1 is 0.444 bits per heavy atom. The quantitative estimate of drug-likeness (QED) is 0.198. The summed E-state index contributed by atoms with van der Waals surface area (Å²) >= 11 is 1.88. The third kappa shape index (κ3) is 4.05. The summed E-state index contributed by atoms with van der Waals surface area (Å²) in [6.45, 7) is 0.646. The van der Waals surface area contributed by atoms with Gasteiger partial charge in [0, 0.05) is 15.4 Å². The Morgan fingerprint density at radius 2 is 1.07 bits per heavy atom. The predicted octanol–water partition coefficient (Wildman–Crippen LogP) is 12.2. The molecular weight excluding hydrogens is 673 g/mol. The Hall–Kier alpha value is -6.42. The molecule has 1 N–H and O–H groups in total. The van der Waals surface area contributed by atoms with Crippen LogP contribution in [0.2, 0.25) is 0 Å². The number of aliphatic imine (C=N–C) groups is 1. The summed E-state index contributed by atoms with van der Waals surface area (Å²) in [4.78, 5) is 8.15. The lowest BCUT2D eigenvalue weighted by Gasteiger charge is -2.40. The van der Waals surface area contributed by atoms with Gasteiger partial charge < -0.3 is 5.32 Å². The average Bonchev–Trinajstić information content (AvgIpc) is 3.72. The maximum atomic E-state index is 5.58. The number of nitrogens with one attached hydrogen (secondary N) is 1. The second-order valence-electron chi connectivity index (χ2n) is 14.6. The van der Waals surface area contributed by atoms with Crippen LogP contribution in [0.25, 0.3) is 55.5 Å². The first-order chi connectivity index (χ1) is 26.8. The molecule has 0 saturated heterocycles. The molecule has 0 saturated carbocycles. The zero-order valence-electron chi connectivity index (χ0n) is 29.3. The predicted molar refractivity (Wildman–Crippen MR) is 224 cm³/mol. The van der Waals surface area contributed by atoms with Gasteiger partial charge in [0.05, 0.1) is 29.1 Å². The Morgan fingerprint density at radius 3 is 1.85 bits per heavy atom. The van der Waals surface area contributed by atoms with Crippen LogP contribution in [0.1, 0.15) is 38.9 Å². The summed E-state index contributed by atoms with van der Waals surface area (Å²) < 4.78 is 0.